The van der Waals surface area contributed by atoms with E-state index in [1.165, 1.54) is 11.8 Å². The molecule has 0 spiro atoms. The van der Waals surface area contributed by atoms with Crippen molar-refractivity contribution in [2.75, 3.05) is 11.1 Å². The molecule has 1 N–H and O–H groups in total. The van der Waals surface area contributed by atoms with Gasteiger partial charge in [-0.05, 0) is 75.4 Å². The number of benzene rings is 2. The van der Waals surface area contributed by atoms with Crippen LogP contribution in [-0.2, 0) is 4.79 Å². The van der Waals surface area contributed by atoms with Crippen molar-refractivity contribution in [1.82, 2.24) is 14.8 Å². The van der Waals surface area contributed by atoms with Crippen molar-refractivity contribution in [2.24, 2.45) is 0 Å². The molecule has 7 heteroatoms. The van der Waals surface area contributed by atoms with Gasteiger partial charge in [-0.15, -0.1) is 10.2 Å². The van der Waals surface area contributed by atoms with E-state index >= 15 is 0 Å². The monoisotopic (exact) mass is 466 g/mol. The number of rotatable bonds is 9. The van der Waals surface area contributed by atoms with Crippen LogP contribution < -0.4 is 10.1 Å². The molecule has 3 rings (SSSR count). The molecule has 0 aliphatic rings. The van der Waals surface area contributed by atoms with Crippen LogP contribution in [0.2, 0.25) is 0 Å². The zero-order valence-corrected chi connectivity index (χ0v) is 21.4. The highest BCUT2D eigenvalue weighted by Gasteiger charge is 2.23. The van der Waals surface area contributed by atoms with Gasteiger partial charge in [-0.2, -0.15) is 0 Å². The third-order valence-electron chi connectivity index (χ3n) is 5.25. The number of anilines is 1. The van der Waals surface area contributed by atoms with Crippen LogP contribution in [0.5, 0.6) is 5.75 Å². The van der Waals surface area contributed by atoms with Gasteiger partial charge in [0.05, 0.1) is 5.75 Å². The molecule has 1 amide bonds. The minimum atomic E-state index is -0.279. The Labute approximate surface area is 201 Å². The molecule has 6 nitrogen and oxygen atoms in total. The molecule has 0 bridgehead atoms. The van der Waals surface area contributed by atoms with E-state index in [9.17, 15) is 4.79 Å². The molecule has 0 fully saturated rings. The van der Waals surface area contributed by atoms with Crippen molar-refractivity contribution < 1.29 is 9.53 Å². The van der Waals surface area contributed by atoms with Crippen LogP contribution in [0, 0.1) is 13.8 Å². The summed E-state index contributed by atoms with van der Waals surface area (Å²) in [6.45, 7) is 14.5. The molecule has 0 saturated heterocycles. The highest BCUT2D eigenvalue weighted by Crippen LogP contribution is 2.32. The van der Waals surface area contributed by atoms with E-state index in [2.05, 4.69) is 59.9 Å². The van der Waals surface area contributed by atoms with Gasteiger partial charge in [0.2, 0.25) is 5.91 Å². The first-order valence-electron chi connectivity index (χ1n) is 11.4. The molecular weight excluding hydrogens is 432 g/mol. The van der Waals surface area contributed by atoms with Gasteiger partial charge in [-0.25, -0.2) is 0 Å². The second kappa shape index (κ2) is 10.9. The summed E-state index contributed by atoms with van der Waals surface area (Å²) >= 11 is 1.39. The third-order valence-corrected chi connectivity index (χ3v) is 6.20. The Morgan fingerprint density at radius 3 is 2.33 bits per heavy atom. The van der Waals surface area contributed by atoms with Crippen molar-refractivity contribution in [3.63, 3.8) is 0 Å². The van der Waals surface area contributed by atoms with Crippen molar-refractivity contribution in [3.05, 3.63) is 65.0 Å². The number of aromatic nitrogens is 3. The number of carbonyl (C=O) groups is 1. The normalized spacial score (nSPS) is 12.3. The largest absolute Gasteiger partial charge is 0.482 e. The molecule has 1 heterocycles. The first-order chi connectivity index (χ1) is 15.7. The smallest absolute Gasteiger partial charge is 0.234 e. The average molecular weight is 467 g/mol. The lowest BCUT2D eigenvalue weighted by Gasteiger charge is -2.21. The third kappa shape index (κ3) is 6.38. The summed E-state index contributed by atoms with van der Waals surface area (Å²) in [7, 11) is 0. The zero-order valence-electron chi connectivity index (χ0n) is 20.5. The molecule has 1 unspecified atom stereocenters. The average Bonchev–Trinajstić information content (AvgIpc) is 3.16. The van der Waals surface area contributed by atoms with E-state index in [1.807, 2.05) is 51.1 Å². The summed E-state index contributed by atoms with van der Waals surface area (Å²) < 4.78 is 8.37. The van der Waals surface area contributed by atoms with Crippen LogP contribution in [0.3, 0.4) is 0 Å². The Bertz CT molecular complexity index is 1090. The van der Waals surface area contributed by atoms with Gasteiger partial charge < -0.3 is 14.6 Å². The Morgan fingerprint density at radius 2 is 1.70 bits per heavy atom. The standard InChI is InChI=1S/C26H34N4O2S/c1-16(2)22-10-8-9-11-23(22)32-20(7)25-28-29-26(30(25)17(3)4)33-15-24(31)27-21-13-18(5)12-19(6)14-21/h8-14,16-17,20H,15H2,1-7H3,(H,27,31). The Hall–Kier alpha value is -2.80. The molecule has 0 saturated carbocycles. The quantitative estimate of drug-likeness (QED) is 0.366. The number of para-hydroxylation sites is 1. The highest BCUT2D eigenvalue weighted by molar-refractivity contribution is 7.99. The molecule has 0 aliphatic carbocycles. The lowest BCUT2D eigenvalue weighted by Crippen LogP contribution is -2.17. The molecule has 0 radical (unpaired) electrons. The predicted molar refractivity (Wildman–Crippen MR) is 135 cm³/mol. The second-order valence-electron chi connectivity index (χ2n) is 8.97. The van der Waals surface area contributed by atoms with Gasteiger partial charge in [-0.3, -0.25) is 4.79 Å². The van der Waals surface area contributed by atoms with E-state index in [1.54, 1.807) is 0 Å². The number of hydrogen-bond acceptors (Lipinski definition) is 5. The number of aryl methyl sites for hydroxylation is 2. The number of nitrogens with one attached hydrogen (secondary N) is 1. The molecule has 0 aliphatic heterocycles. The van der Waals surface area contributed by atoms with Gasteiger partial charge in [-0.1, -0.05) is 49.9 Å². The number of amides is 1. The molecule has 1 aromatic heterocycles. The maximum atomic E-state index is 12.6. The predicted octanol–water partition coefficient (Wildman–Crippen LogP) is 6.47. The van der Waals surface area contributed by atoms with Crippen molar-refractivity contribution >= 4 is 23.4 Å². The summed E-state index contributed by atoms with van der Waals surface area (Å²) in [6.07, 6.45) is -0.279. The molecule has 2 aromatic carbocycles. The maximum Gasteiger partial charge on any atom is 0.234 e. The Morgan fingerprint density at radius 1 is 1.03 bits per heavy atom. The summed E-state index contributed by atoms with van der Waals surface area (Å²) in [5.74, 6) is 2.16. The number of nitrogens with zero attached hydrogens (tertiary/aromatic N) is 3. The van der Waals surface area contributed by atoms with Crippen LogP contribution in [-0.4, -0.2) is 26.4 Å². The molecular formula is C26H34N4O2S. The lowest BCUT2D eigenvalue weighted by atomic mass is 10.0. The van der Waals surface area contributed by atoms with E-state index in [-0.39, 0.29) is 23.8 Å². The summed E-state index contributed by atoms with van der Waals surface area (Å²) in [6, 6.07) is 14.3. The fraction of sp³-hybridized carbons (Fsp3) is 0.423. The van der Waals surface area contributed by atoms with Gasteiger partial charge >= 0.3 is 0 Å². The van der Waals surface area contributed by atoms with Crippen LogP contribution in [0.4, 0.5) is 5.69 Å². The lowest BCUT2D eigenvalue weighted by molar-refractivity contribution is -0.113. The SMILES string of the molecule is Cc1cc(C)cc(NC(=O)CSc2nnc(C(C)Oc3ccccc3C(C)C)n2C(C)C)c1. The van der Waals surface area contributed by atoms with Crippen molar-refractivity contribution in [2.45, 2.75) is 71.7 Å². The Balaban J connectivity index is 1.72. The first kappa shape index (κ1) is 24.8. The number of hydrogen-bond donors (Lipinski definition) is 1. The minimum absolute atomic E-state index is 0.0694. The van der Waals surface area contributed by atoms with Crippen LogP contribution in [0.15, 0.2) is 47.6 Å². The number of ether oxygens (including phenoxy) is 1. The van der Waals surface area contributed by atoms with Gasteiger partial charge in [0.15, 0.2) is 17.1 Å². The van der Waals surface area contributed by atoms with Crippen molar-refractivity contribution in [3.8, 4) is 5.75 Å². The maximum absolute atomic E-state index is 12.6. The highest BCUT2D eigenvalue weighted by atomic mass is 32.2. The van der Waals surface area contributed by atoms with Gasteiger partial charge in [0.1, 0.15) is 5.75 Å². The molecule has 1 atom stereocenters. The first-order valence-corrected chi connectivity index (χ1v) is 12.4. The number of carbonyl (C=O) groups excluding carboxylic acids is 1. The fourth-order valence-electron chi connectivity index (χ4n) is 3.83. The van der Waals surface area contributed by atoms with Crippen LogP contribution in [0.1, 0.15) is 75.2 Å². The summed E-state index contributed by atoms with van der Waals surface area (Å²) in [4.78, 5) is 12.6. The van der Waals surface area contributed by atoms with E-state index in [0.29, 0.717) is 11.1 Å². The van der Waals surface area contributed by atoms with E-state index in [0.717, 1.165) is 34.0 Å². The van der Waals surface area contributed by atoms with E-state index in [4.69, 9.17) is 4.74 Å². The molecule has 33 heavy (non-hydrogen) atoms. The van der Waals surface area contributed by atoms with Gasteiger partial charge in [0, 0.05) is 11.7 Å². The molecule has 3 aromatic rings. The second-order valence-corrected chi connectivity index (χ2v) is 9.91. The Kier molecular flexibility index (Phi) is 8.19. The molecule has 176 valence electrons. The number of thioether (sulfide) groups is 1. The minimum Gasteiger partial charge on any atom is -0.482 e. The van der Waals surface area contributed by atoms with Crippen LogP contribution in [0.25, 0.3) is 0 Å². The fourth-order valence-corrected chi connectivity index (χ4v) is 4.71. The summed E-state index contributed by atoms with van der Waals surface area (Å²) in [5.41, 5.74) is 4.22. The van der Waals surface area contributed by atoms with Gasteiger partial charge in [0.25, 0.3) is 0 Å². The topological polar surface area (TPSA) is 69.0 Å². The van der Waals surface area contributed by atoms with Crippen LogP contribution >= 0.6 is 11.8 Å². The van der Waals surface area contributed by atoms with E-state index < -0.39 is 0 Å². The van der Waals surface area contributed by atoms with Crippen molar-refractivity contribution in [1.29, 1.82) is 0 Å². The zero-order chi connectivity index (χ0) is 24.1. The summed E-state index contributed by atoms with van der Waals surface area (Å²) in [5, 5.41) is 12.5.